The molecule has 0 aromatic carbocycles. The molecule has 2 fully saturated rings. The lowest BCUT2D eigenvalue weighted by molar-refractivity contribution is -0.0640. The van der Waals surface area contributed by atoms with Gasteiger partial charge in [0.05, 0.1) is 11.7 Å². The van der Waals surface area contributed by atoms with E-state index in [1.54, 1.807) is 0 Å². The molecule has 0 bridgehead atoms. The summed E-state index contributed by atoms with van der Waals surface area (Å²) in [6.07, 6.45) is 5.83. The van der Waals surface area contributed by atoms with Crippen LogP contribution in [0.15, 0.2) is 0 Å². The number of halogens is 1. The van der Waals surface area contributed by atoms with E-state index in [1.165, 1.54) is 25.7 Å². The molecule has 2 rings (SSSR count). The molecule has 70 valence electrons. The van der Waals surface area contributed by atoms with Gasteiger partial charge < -0.3 is 4.74 Å². The average molecular weight is 280 g/mol. The topological polar surface area (TPSA) is 9.23 Å². The number of alkyl halides is 1. The number of hydrogen-bond acceptors (Lipinski definition) is 1. The van der Waals surface area contributed by atoms with Gasteiger partial charge in [0.25, 0.3) is 0 Å². The van der Waals surface area contributed by atoms with Crippen LogP contribution in [0.25, 0.3) is 0 Å². The monoisotopic (exact) mass is 280 g/mol. The normalized spacial score (nSPS) is 44.8. The highest BCUT2D eigenvalue weighted by molar-refractivity contribution is 14.1. The summed E-state index contributed by atoms with van der Waals surface area (Å²) < 4.78 is 7.27. The van der Waals surface area contributed by atoms with E-state index in [0.717, 1.165) is 4.43 Å². The quantitative estimate of drug-likeness (QED) is 0.557. The fourth-order valence-electron chi connectivity index (χ4n) is 2.19. The molecule has 0 radical (unpaired) electrons. The highest BCUT2D eigenvalue weighted by Crippen LogP contribution is 2.59. The Morgan fingerprint density at radius 3 is 2.42 bits per heavy atom. The minimum atomic E-state index is 0.211. The molecule has 0 spiro atoms. The summed E-state index contributed by atoms with van der Waals surface area (Å²) in [6.45, 7) is 4.69. The molecule has 1 saturated carbocycles. The first-order chi connectivity index (χ1) is 5.60. The van der Waals surface area contributed by atoms with E-state index in [4.69, 9.17) is 4.74 Å². The van der Waals surface area contributed by atoms with Crippen molar-refractivity contribution in [3.63, 3.8) is 0 Å². The smallest absolute Gasteiger partial charge is 0.0712 e. The molecule has 12 heavy (non-hydrogen) atoms. The highest BCUT2D eigenvalue weighted by Gasteiger charge is 2.56. The zero-order valence-electron chi connectivity index (χ0n) is 7.90. The van der Waals surface area contributed by atoms with Gasteiger partial charge in [0.1, 0.15) is 0 Å². The molecule has 1 saturated heterocycles. The maximum atomic E-state index is 6.12. The van der Waals surface area contributed by atoms with Gasteiger partial charge in [-0.25, -0.2) is 0 Å². The van der Waals surface area contributed by atoms with E-state index in [2.05, 4.69) is 36.4 Å². The van der Waals surface area contributed by atoms with Crippen molar-refractivity contribution in [1.82, 2.24) is 0 Å². The van der Waals surface area contributed by atoms with E-state index in [-0.39, 0.29) is 5.60 Å². The third kappa shape index (κ3) is 1.31. The van der Waals surface area contributed by atoms with E-state index in [9.17, 15) is 0 Å². The van der Waals surface area contributed by atoms with Crippen LogP contribution in [0, 0.1) is 5.41 Å². The second kappa shape index (κ2) is 2.84. The summed E-state index contributed by atoms with van der Waals surface area (Å²) in [5.41, 5.74) is 0.733. The Hall–Kier alpha value is 0.690. The van der Waals surface area contributed by atoms with Gasteiger partial charge in [-0.05, 0) is 38.0 Å². The van der Waals surface area contributed by atoms with Crippen LogP contribution >= 0.6 is 22.6 Å². The van der Waals surface area contributed by atoms with Crippen LogP contribution in [0.3, 0.4) is 0 Å². The lowest BCUT2D eigenvalue weighted by atomic mass is 9.85. The number of ether oxygens (including phenoxy) is 1. The summed E-state index contributed by atoms with van der Waals surface area (Å²) in [4.78, 5) is 0. The fraction of sp³-hybridized carbons (Fsp3) is 1.00. The van der Waals surface area contributed by atoms with Crippen LogP contribution in [-0.4, -0.2) is 16.1 Å². The second-order valence-electron chi connectivity index (χ2n) is 4.72. The van der Waals surface area contributed by atoms with E-state index in [1.807, 2.05) is 0 Å². The van der Waals surface area contributed by atoms with Crippen molar-refractivity contribution in [2.75, 3.05) is 4.43 Å². The van der Waals surface area contributed by atoms with Gasteiger partial charge in [-0.2, -0.15) is 0 Å². The lowest BCUT2D eigenvalue weighted by Crippen LogP contribution is -2.34. The molecule has 0 aromatic heterocycles. The summed E-state index contributed by atoms with van der Waals surface area (Å²) in [5.74, 6) is 0. The largest absolute Gasteiger partial charge is 0.371 e. The van der Waals surface area contributed by atoms with E-state index < -0.39 is 0 Å². The Balaban J connectivity index is 2.04. The van der Waals surface area contributed by atoms with Crippen molar-refractivity contribution < 1.29 is 4.74 Å². The summed E-state index contributed by atoms with van der Waals surface area (Å²) >= 11 is 2.43. The average Bonchev–Trinajstić information content (AvgIpc) is 2.66. The number of hydrogen-bond donors (Lipinski definition) is 0. The molecule has 0 amide bonds. The van der Waals surface area contributed by atoms with Crippen LogP contribution in [0.5, 0.6) is 0 Å². The van der Waals surface area contributed by atoms with Gasteiger partial charge in [0, 0.05) is 4.43 Å². The standard InChI is InChI=1S/C10H17IO/c1-9(5-6-9)10(2)4-3-8(7-11)12-10/h8H,3-7H2,1-2H3. The second-order valence-corrected chi connectivity index (χ2v) is 5.61. The predicted octanol–water partition coefficient (Wildman–Crippen LogP) is 3.16. The van der Waals surface area contributed by atoms with Gasteiger partial charge in [-0.15, -0.1) is 0 Å². The van der Waals surface area contributed by atoms with Gasteiger partial charge in [-0.1, -0.05) is 29.5 Å². The van der Waals surface area contributed by atoms with Crippen LogP contribution in [0.4, 0.5) is 0 Å². The molecule has 2 unspecified atom stereocenters. The molecule has 0 aromatic rings. The number of rotatable bonds is 2. The Bertz CT molecular complexity index is 188. The zero-order valence-corrected chi connectivity index (χ0v) is 10.1. The van der Waals surface area contributed by atoms with Crippen molar-refractivity contribution in [3.05, 3.63) is 0 Å². The highest BCUT2D eigenvalue weighted by atomic mass is 127. The van der Waals surface area contributed by atoms with Gasteiger partial charge in [0.15, 0.2) is 0 Å². The van der Waals surface area contributed by atoms with Crippen LogP contribution in [-0.2, 0) is 4.74 Å². The van der Waals surface area contributed by atoms with Gasteiger partial charge >= 0.3 is 0 Å². The first-order valence-corrected chi connectivity index (χ1v) is 6.36. The van der Waals surface area contributed by atoms with E-state index in [0.29, 0.717) is 11.5 Å². The zero-order chi connectivity index (χ0) is 8.82. The molecule has 0 N–H and O–H groups in total. The predicted molar refractivity (Wildman–Crippen MR) is 58.7 cm³/mol. The minimum Gasteiger partial charge on any atom is -0.371 e. The van der Waals surface area contributed by atoms with Crippen molar-refractivity contribution >= 4 is 22.6 Å². The molecule has 1 aliphatic heterocycles. The Kier molecular flexibility index (Phi) is 2.19. The van der Waals surface area contributed by atoms with Gasteiger partial charge in [0.2, 0.25) is 0 Å². The van der Waals surface area contributed by atoms with Crippen molar-refractivity contribution in [3.8, 4) is 0 Å². The fourth-order valence-corrected chi connectivity index (χ4v) is 2.81. The molecular formula is C10H17IO. The Morgan fingerprint density at radius 2 is 2.00 bits per heavy atom. The molecule has 2 atom stereocenters. The van der Waals surface area contributed by atoms with Gasteiger partial charge in [-0.3, -0.25) is 0 Å². The lowest BCUT2D eigenvalue weighted by Gasteiger charge is -2.31. The molecule has 2 heteroatoms. The van der Waals surface area contributed by atoms with E-state index >= 15 is 0 Å². The summed E-state index contributed by atoms with van der Waals surface area (Å²) in [5, 5.41) is 0. The molecule has 2 aliphatic rings. The third-order valence-electron chi connectivity index (χ3n) is 3.82. The van der Waals surface area contributed by atoms with Crippen molar-refractivity contribution in [2.45, 2.75) is 51.2 Å². The molecular weight excluding hydrogens is 263 g/mol. The van der Waals surface area contributed by atoms with Crippen LogP contribution < -0.4 is 0 Å². The summed E-state index contributed by atoms with van der Waals surface area (Å²) in [6, 6.07) is 0. The minimum absolute atomic E-state index is 0.211. The summed E-state index contributed by atoms with van der Waals surface area (Å²) in [7, 11) is 0. The molecule has 1 aliphatic carbocycles. The van der Waals surface area contributed by atoms with Crippen molar-refractivity contribution in [2.24, 2.45) is 5.41 Å². The molecule has 1 heterocycles. The molecule has 1 nitrogen and oxygen atoms in total. The maximum Gasteiger partial charge on any atom is 0.0712 e. The Labute approximate surface area is 88.4 Å². The maximum absolute atomic E-state index is 6.12. The first kappa shape index (κ1) is 9.25. The first-order valence-electron chi connectivity index (χ1n) is 4.83. The van der Waals surface area contributed by atoms with Crippen LogP contribution in [0.1, 0.15) is 39.5 Å². The van der Waals surface area contributed by atoms with Crippen molar-refractivity contribution in [1.29, 1.82) is 0 Å². The van der Waals surface area contributed by atoms with Crippen LogP contribution in [0.2, 0.25) is 0 Å². The Morgan fingerprint density at radius 1 is 1.33 bits per heavy atom. The SMILES string of the molecule is CC1(C2(C)CCC(CI)O2)CC1. The third-order valence-corrected chi connectivity index (χ3v) is 4.80.